The molecule has 0 saturated carbocycles. The van der Waals surface area contributed by atoms with Crippen molar-refractivity contribution < 1.29 is 24.5 Å². The summed E-state index contributed by atoms with van der Waals surface area (Å²) in [5.74, 6) is -0.0734. The molecule has 3 aromatic rings. The highest BCUT2D eigenvalue weighted by Crippen LogP contribution is 2.47. The van der Waals surface area contributed by atoms with Crippen LogP contribution in [0.4, 0.5) is 4.79 Å². The van der Waals surface area contributed by atoms with Crippen LogP contribution in [0.1, 0.15) is 59.5 Å². The first-order valence-corrected chi connectivity index (χ1v) is 14.1. The Kier molecular flexibility index (Phi) is 9.46. The van der Waals surface area contributed by atoms with E-state index in [1.165, 1.54) is 0 Å². The zero-order valence-electron chi connectivity index (χ0n) is 22.9. The second kappa shape index (κ2) is 13.4. The van der Waals surface area contributed by atoms with E-state index in [1.807, 2.05) is 73.7 Å². The number of urea groups is 1. The van der Waals surface area contributed by atoms with Crippen LogP contribution in [-0.4, -0.2) is 59.5 Å². The Morgan fingerprint density at radius 1 is 0.900 bits per heavy atom. The van der Waals surface area contributed by atoms with Crippen molar-refractivity contribution in [3.05, 3.63) is 107 Å². The second-order valence-electron chi connectivity index (χ2n) is 10.6. The Bertz CT molecular complexity index is 1220. The molecule has 5 rings (SSSR count). The fraction of sp³-hybridized carbons (Fsp3) is 0.406. The lowest BCUT2D eigenvalue weighted by molar-refractivity contribution is -0.263. The van der Waals surface area contributed by atoms with E-state index >= 15 is 0 Å². The summed E-state index contributed by atoms with van der Waals surface area (Å²) < 4.78 is 13.5. The van der Waals surface area contributed by atoms with Gasteiger partial charge in [-0.1, -0.05) is 78.9 Å². The highest BCUT2D eigenvalue weighted by molar-refractivity contribution is 5.73. The fourth-order valence-corrected chi connectivity index (χ4v) is 5.60. The lowest BCUT2D eigenvalue weighted by atomic mass is 9.83. The van der Waals surface area contributed by atoms with Crippen LogP contribution in [0.2, 0.25) is 0 Å². The predicted molar refractivity (Wildman–Crippen MR) is 152 cm³/mol. The highest BCUT2D eigenvalue weighted by atomic mass is 16.7. The Morgan fingerprint density at radius 3 is 2.25 bits per heavy atom. The third-order valence-corrected chi connectivity index (χ3v) is 7.70. The number of hydrogen-bond acceptors (Lipinski definition) is 6. The monoisotopic (exact) mass is 545 g/mol. The zero-order valence-corrected chi connectivity index (χ0v) is 22.9. The predicted octanol–water partition coefficient (Wildman–Crippen LogP) is 4.00. The number of aliphatic hydroxyl groups is 2. The molecule has 2 aliphatic rings. The Balaban J connectivity index is 1.44. The number of nitrogens with zero attached hydrogens (tertiary/aromatic N) is 1. The molecule has 1 unspecified atom stereocenters. The number of rotatable bonds is 9. The molecule has 40 heavy (non-hydrogen) atoms. The van der Waals surface area contributed by atoms with Gasteiger partial charge in [0.2, 0.25) is 0 Å². The van der Waals surface area contributed by atoms with Crippen molar-refractivity contribution in [3.8, 4) is 0 Å². The fourth-order valence-electron chi connectivity index (χ4n) is 5.60. The van der Waals surface area contributed by atoms with Gasteiger partial charge in [-0.15, -0.1) is 0 Å². The Morgan fingerprint density at radius 2 is 1.60 bits per heavy atom. The molecule has 8 nitrogen and oxygen atoms in total. The van der Waals surface area contributed by atoms with E-state index < -0.39 is 6.29 Å². The lowest BCUT2D eigenvalue weighted by Crippen LogP contribution is -2.44. The maximum absolute atomic E-state index is 11.8. The largest absolute Gasteiger partial charge is 0.392 e. The summed E-state index contributed by atoms with van der Waals surface area (Å²) in [6, 6.07) is 26.0. The van der Waals surface area contributed by atoms with Crippen LogP contribution in [0.3, 0.4) is 0 Å². The minimum absolute atomic E-state index is 0.0130. The zero-order chi connectivity index (χ0) is 27.9. The summed E-state index contributed by atoms with van der Waals surface area (Å²) in [6.45, 7) is 5.01. The van der Waals surface area contributed by atoms with Crippen LogP contribution >= 0.6 is 0 Å². The van der Waals surface area contributed by atoms with E-state index in [1.54, 1.807) is 0 Å². The summed E-state index contributed by atoms with van der Waals surface area (Å²) in [5.41, 5.74) is 4.88. The minimum Gasteiger partial charge on any atom is -0.392 e. The van der Waals surface area contributed by atoms with Gasteiger partial charge in [-0.05, 0) is 35.6 Å². The second-order valence-corrected chi connectivity index (χ2v) is 10.6. The molecular weight excluding hydrogens is 506 g/mol. The molecular formula is C32H39N3O5. The third kappa shape index (κ3) is 6.89. The first kappa shape index (κ1) is 28.3. The van der Waals surface area contributed by atoms with Crippen molar-refractivity contribution in [2.75, 3.05) is 26.2 Å². The molecule has 0 spiro atoms. The van der Waals surface area contributed by atoms with Gasteiger partial charge in [0.25, 0.3) is 0 Å². The van der Waals surface area contributed by atoms with Crippen molar-refractivity contribution in [1.82, 2.24) is 15.5 Å². The van der Waals surface area contributed by atoms with Crippen molar-refractivity contribution >= 4 is 6.03 Å². The first-order valence-electron chi connectivity index (χ1n) is 14.1. The first-order chi connectivity index (χ1) is 19.5. The lowest BCUT2D eigenvalue weighted by Gasteiger charge is -2.44. The standard InChI is InChI=1S/C32H39N3O5/c1-2-33-32(38)34-18-22-8-14-26(15-9-22)31-39-28(20-35-17-16-27(37)19-35)29(24-6-4-3-5-7-24)30(40-31)25-12-10-23(21-36)11-13-25/h3-15,27-31,36-37H,2,16-21H2,1H3,(H2,33,34,38)/t27-,28-,29-,30+,31?/m1/s1. The number of nitrogens with one attached hydrogen (secondary N) is 2. The molecule has 2 aliphatic heterocycles. The summed E-state index contributed by atoms with van der Waals surface area (Å²) >= 11 is 0. The van der Waals surface area contributed by atoms with Gasteiger partial charge in [0.1, 0.15) is 0 Å². The molecule has 8 heteroatoms. The number of aliphatic hydroxyl groups excluding tert-OH is 2. The Labute approximate surface area is 235 Å². The summed E-state index contributed by atoms with van der Waals surface area (Å²) in [4.78, 5) is 14.1. The van der Waals surface area contributed by atoms with Crippen molar-refractivity contribution in [1.29, 1.82) is 0 Å². The van der Waals surface area contributed by atoms with Crippen LogP contribution in [0.15, 0.2) is 78.9 Å². The number of amides is 2. The van der Waals surface area contributed by atoms with Crippen LogP contribution in [0.5, 0.6) is 0 Å². The van der Waals surface area contributed by atoms with E-state index in [4.69, 9.17) is 9.47 Å². The van der Waals surface area contributed by atoms with Gasteiger partial charge in [0, 0.05) is 44.2 Å². The van der Waals surface area contributed by atoms with E-state index in [0.717, 1.165) is 40.8 Å². The smallest absolute Gasteiger partial charge is 0.315 e. The van der Waals surface area contributed by atoms with Crippen LogP contribution in [0.25, 0.3) is 0 Å². The van der Waals surface area contributed by atoms with Gasteiger partial charge < -0.3 is 30.3 Å². The molecule has 2 amide bonds. The van der Waals surface area contributed by atoms with E-state index in [-0.39, 0.29) is 36.9 Å². The molecule has 0 bridgehead atoms. The molecule has 0 aromatic heterocycles. The average molecular weight is 546 g/mol. The van der Waals surface area contributed by atoms with Crippen LogP contribution in [0, 0.1) is 0 Å². The van der Waals surface area contributed by atoms with Crippen molar-refractivity contribution in [2.24, 2.45) is 0 Å². The van der Waals surface area contributed by atoms with Crippen LogP contribution < -0.4 is 10.6 Å². The molecule has 2 saturated heterocycles. The van der Waals surface area contributed by atoms with Gasteiger partial charge in [-0.25, -0.2) is 4.79 Å². The topological polar surface area (TPSA) is 103 Å². The number of carbonyl (C=O) groups excluding carboxylic acids is 1. The molecule has 0 aliphatic carbocycles. The number of β-amino-alcohol motifs (C(OH)–C–C–N with tert-alkyl or cyclic N) is 1. The molecule has 4 N–H and O–H groups in total. The van der Waals surface area contributed by atoms with Gasteiger partial charge in [0.15, 0.2) is 6.29 Å². The summed E-state index contributed by atoms with van der Waals surface area (Å²) in [6.07, 6.45) is -0.613. The Hall–Kier alpha value is -3.27. The molecule has 2 heterocycles. The van der Waals surface area contributed by atoms with Crippen molar-refractivity contribution in [2.45, 2.75) is 57.0 Å². The quantitative estimate of drug-likeness (QED) is 0.324. The van der Waals surface area contributed by atoms with E-state index in [2.05, 4.69) is 27.7 Å². The van der Waals surface area contributed by atoms with Crippen molar-refractivity contribution in [3.63, 3.8) is 0 Å². The molecule has 3 aromatic carbocycles. The average Bonchev–Trinajstić information content (AvgIpc) is 3.40. The number of hydrogen-bond donors (Lipinski definition) is 4. The molecule has 2 fully saturated rings. The minimum atomic E-state index is -0.592. The highest BCUT2D eigenvalue weighted by Gasteiger charge is 2.43. The third-order valence-electron chi connectivity index (χ3n) is 7.70. The van der Waals surface area contributed by atoms with Gasteiger partial charge in [-0.2, -0.15) is 0 Å². The van der Waals surface area contributed by atoms with Crippen LogP contribution in [-0.2, 0) is 22.6 Å². The normalized spacial score (nSPS) is 25.0. The maximum Gasteiger partial charge on any atom is 0.315 e. The molecule has 5 atom stereocenters. The summed E-state index contributed by atoms with van der Waals surface area (Å²) in [5, 5.41) is 25.4. The number of carbonyl (C=O) groups is 1. The van der Waals surface area contributed by atoms with E-state index in [9.17, 15) is 15.0 Å². The maximum atomic E-state index is 11.8. The number of likely N-dealkylation sites (tertiary alicyclic amines) is 1. The van der Waals surface area contributed by atoms with Gasteiger partial charge in [-0.3, -0.25) is 4.90 Å². The summed E-state index contributed by atoms with van der Waals surface area (Å²) in [7, 11) is 0. The number of ether oxygens (including phenoxy) is 2. The van der Waals surface area contributed by atoms with Gasteiger partial charge in [0.05, 0.1) is 24.9 Å². The SMILES string of the molecule is CCNC(=O)NCc1ccc(C2O[C@H](CN3CC[C@@H](O)C3)[C@@H](c3ccccc3)[C@H](c3ccc(CO)cc3)O2)cc1. The van der Waals surface area contributed by atoms with E-state index in [0.29, 0.717) is 26.2 Å². The van der Waals surface area contributed by atoms with Gasteiger partial charge >= 0.3 is 6.03 Å². The molecule has 212 valence electrons. The number of benzene rings is 3. The molecule has 0 radical (unpaired) electrons.